The van der Waals surface area contributed by atoms with Gasteiger partial charge in [-0.05, 0) is 0 Å². The Morgan fingerprint density at radius 2 is 2.00 bits per heavy atom. The predicted molar refractivity (Wildman–Crippen MR) is 30.3 cm³/mol. The van der Waals surface area contributed by atoms with E-state index in [-0.39, 0.29) is 0 Å². The van der Waals surface area contributed by atoms with Crippen molar-refractivity contribution in [1.82, 2.24) is 10.6 Å². The minimum absolute atomic E-state index is 0.338. The Kier molecular flexibility index (Phi) is 1.22. The van der Waals surface area contributed by atoms with Crippen LogP contribution in [-0.4, -0.2) is 18.4 Å². The van der Waals surface area contributed by atoms with Crippen LogP contribution in [0, 0.1) is 0 Å². The summed E-state index contributed by atoms with van der Waals surface area (Å²) in [6.07, 6.45) is 0. The van der Waals surface area contributed by atoms with Crippen LogP contribution in [0.5, 0.6) is 0 Å². The number of piperazine rings is 1. The van der Waals surface area contributed by atoms with Crippen LogP contribution in [0.1, 0.15) is 0 Å². The normalized spacial score (nSPS) is 18.9. The largest absolute Gasteiger partial charge is 0.342 e. The Bertz CT molecular complexity index is 185. The van der Waals surface area contributed by atoms with Gasteiger partial charge in [0.05, 0.1) is 6.54 Å². The zero-order valence-corrected chi connectivity index (χ0v) is 4.73. The second-order valence-electron chi connectivity index (χ2n) is 1.74. The van der Waals surface area contributed by atoms with Crippen molar-refractivity contribution in [3.05, 3.63) is 12.3 Å². The van der Waals surface area contributed by atoms with Crippen LogP contribution in [0.4, 0.5) is 0 Å². The molecular weight excluding hydrogens is 120 g/mol. The van der Waals surface area contributed by atoms with Crippen molar-refractivity contribution in [2.75, 3.05) is 6.54 Å². The molecular formula is C5H6N2O2. The summed E-state index contributed by atoms with van der Waals surface area (Å²) in [6, 6.07) is 0. The molecule has 9 heavy (non-hydrogen) atoms. The average Bonchev–Trinajstić information content (AvgIpc) is 1.80. The van der Waals surface area contributed by atoms with Gasteiger partial charge < -0.3 is 10.6 Å². The van der Waals surface area contributed by atoms with Gasteiger partial charge in [-0.25, -0.2) is 0 Å². The zero-order chi connectivity index (χ0) is 6.85. The molecule has 0 unspecified atom stereocenters. The smallest absolute Gasteiger partial charge is 0.313 e. The van der Waals surface area contributed by atoms with Crippen LogP contribution in [0.15, 0.2) is 12.3 Å². The second kappa shape index (κ2) is 1.89. The highest BCUT2D eigenvalue weighted by Crippen LogP contribution is 1.86. The monoisotopic (exact) mass is 126 g/mol. The first-order chi connectivity index (χ1) is 4.20. The van der Waals surface area contributed by atoms with Gasteiger partial charge in [0.15, 0.2) is 0 Å². The molecule has 0 aromatic carbocycles. The summed E-state index contributed by atoms with van der Waals surface area (Å²) >= 11 is 0. The van der Waals surface area contributed by atoms with E-state index in [2.05, 4.69) is 17.2 Å². The third-order valence-corrected chi connectivity index (χ3v) is 0.959. The van der Waals surface area contributed by atoms with Crippen molar-refractivity contribution in [2.24, 2.45) is 0 Å². The number of nitrogens with one attached hydrogen (secondary N) is 2. The summed E-state index contributed by atoms with van der Waals surface area (Å²) in [5, 5.41) is 4.61. The molecule has 0 spiro atoms. The molecule has 1 saturated heterocycles. The van der Waals surface area contributed by atoms with E-state index in [4.69, 9.17) is 0 Å². The minimum atomic E-state index is -0.633. The second-order valence-corrected chi connectivity index (χ2v) is 1.74. The molecule has 0 aliphatic carbocycles. The van der Waals surface area contributed by atoms with E-state index in [1.54, 1.807) is 0 Å². The molecule has 4 nitrogen and oxygen atoms in total. The highest BCUT2D eigenvalue weighted by atomic mass is 16.2. The summed E-state index contributed by atoms with van der Waals surface area (Å²) in [4.78, 5) is 20.8. The quantitative estimate of drug-likeness (QED) is 0.398. The molecule has 1 heterocycles. The molecule has 0 saturated carbocycles. The number of carbonyl (C=O) groups is 2. The van der Waals surface area contributed by atoms with Gasteiger partial charge >= 0.3 is 11.8 Å². The van der Waals surface area contributed by atoms with Crippen LogP contribution in [-0.2, 0) is 9.59 Å². The molecule has 1 fully saturated rings. The first kappa shape index (κ1) is 5.81. The Labute approximate surface area is 51.9 Å². The number of amides is 2. The molecule has 1 rings (SSSR count). The molecule has 1 aliphatic heterocycles. The SMILES string of the molecule is C=C1CNC(=O)C(=O)N1. The zero-order valence-electron chi connectivity index (χ0n) is 4.73. The van der Waals surface area contributed by atoms with Gasteiger partial charge in [0.1, 0.15) is 0 Å². The van der Waals surface area contributed by atoms with Crippen LogP contribution < -0.4 is 10.6 Å². The Hall–Kier alpha value is -1.32. The van der Waals surface area contributed by atoms with Crippen molar-refractivity contribution in [1.29, 1.82) is 0 Å². The maximum absolute atomic E-state index is 10.4. The Morgan fingerprint density at radius 1 is 1.33 bits per heavy atom. The van der Waals surface area contributed by atoms with E-state index in [1.807, 2.05) is 0 Å². The van der Waals surface area contributed by atoms with Crippen molar-refractivity contribution in [3.8, 4) is 0 Å². The van der Waals surface area contributed by atoms with Gasteiger partial charge in [0.2, 0.25) is 0 Å². The van der Waals surface area contributed by atoms with Crippen LogP contribution >= 0.6 is 0 Å². The van der Waals surface area contributed by atoms with Gasteiger partial charge in [-0.15, -0.1) is 0 Å². The summed E-state index contributed by atoms with van der Waals surface area (Å²) in [7, 11) is 0. The molecule has 0 radical (unpaired) electrons. The first-order valence-electron chi connectivity index (χ1n) is 2.47. The molecule has 0 bridgehead atoms. The predicted octanol–water partition coefficient (Wildman–Crippen LogP) is -1.25. The van der Waals surface area contributed by atoms with Crippen molar-refractivity contribution < 1.29 is 9.59 Å². The van der Waals surface area contributed by atoms with Gasteiger partial charge in [-0.2, -0.15) is 0 Å². The standard InChI is InChI=1S/C5H6N2O2/c1-3-2-6-4(8)5(9)7-3/h1-2H2,(H,6,8)(H,7,9). The molecule has 0 aromatic heterocycles. The van der Waals surface area contributed by atoms with Crippen LogP contribution in [0.25, 0.3) is 0 Å². The lowest BCUT2D eigenvalue weighted by atomic mass is 10.3. The van der Waals surface area contributed by atoms with Gasteiger partial charge in [0, 0.05) is 5.70 Å². The molecule has 2 amide bonds. The molecule has 4 heteroatoms. The lowest BCUT2D eigenvalue weighted by molar-refractivity contribution is -0.139. The summed E-state index contributed by atoms with van der Waals surface area (Å²) < 4.78 is 0. The Morgan fingerprint density at radius 3 is 2.44 bits per heavy atom. The van der Waals surface area contributed by atoms with Gasteiger partial charge in [0.25, 0.3) is 0 Å². The topological polar surface area (TPSA) is 58.2 Å². The maximum atomic E-state index is 10.4. The van der Waals surface area contributed by atoms with E-state index in [0.717, 1.165) is 0 Å². The average molecular weight is 126 g/mol. The van der Waals surface area contributed by atoms with E-state index >= 15 is 0 Å². The summed E-state index contributed by atoms with van der Waals surface area (Å²) in [5.74, 6) is -1.23. The lowest BCUT2D eigenvalue weighted by Crippen LogP contribution is -2.47. The third kappa shape index (κ3) is 1.07. The van der Waals surface area contributed by atoms with Crippen LogP contribution in [0.2, 0.25) is 0 Å². The fourth-order valence-corrected chi connectivity index (χ4v) is 0.529. The van der Waals surface area contributed by atoms with E-state index in [0.29, 0.717) is 12.2 Å². The summed E-state index contributed by atoms with van der Waals surface area (Å²) in [6.45, 7) is 3.79. The number of rotatable bonds is 0. The van der Waals surface area contributed by atoms with Crippen LogP contribution in [0.3, 0.4) is 0 Å². The maximum Gasteiger partial charge on any atom is 0.313 e. The van der Waals surface area contributed by atoms with Crippen molar-refractivity contribution in [2.45, 2.75) is 0 Å². The Balaban J connectivity index is 2.64. The van der Waals surface area contributed by atoms with Gasteiger partial charge in [-0.3, -0.25) is 9.59 Å². The number of hydrogen-bond acceptors (Lipinski definition) is 2. The van der Waals surface area contributed by atoms with Crippen molar-refractivity contribution in [3.63, 3.8) is 0 Å². The molecule has 0 atom stereocenters. The summed E-state index contributed by atoms with van der Waals surface area (Å²) in [5.41, 5.74) is 0.527. The highest BCUT2D eigenvalue weighted by molar-refractivity contribution is 6.36. The number of hydrogen-bond donors (Lipinski definition) is 2. The van der Waals surface area contributed by atoms with Gasteiger partial charge in [-0.1, -0.05) is 6.58 Å². The lowest BCUT2D eigenvalue weighted by Gasteiger charge is -2.13. The van der Waals surface area contributed by atoms with E-state index in [9.17, 15) is 9.59 Å². The first-order valence-corrected chi connectivity index (χ1v) is 2.47. The molecule has 2 N–H and O–H groups in total. The van der Waals surface area contributed by atoms with E-state index in [1.165, 1.54) is 0 Å². The molecule has 48 valence electrons. The highest BCUT2D eigenvalue weighted by Gasteiger charge is 2.18. The third-order valence-electron chi connectivity index (χ3n) is 0.959. The fraction of sp³-hybridized carbons (Fsp3) is 0.200. The fourth-order valence-electron chi connectivity index (χ4n) is 0.529. The molecule has 0 aromatic rings. The number of carbonyl (C=O) groups excluding carboxylic acids is 2. The van der Waals surface area contributed by atoms with E-state index < -0.39 is 11.8 Å². The molecule has 1 aliphatic rings. The minimum Gasteiger partial charge on any atom is -0.342 e. The van der Waals surface area contributed by atoms with Crippen molar-refractivity contribution >= 4 is 11.8 Å².